The smallest absolute Gasteiger partial charge is 0.258 e. The Hall–Kier alpha value is -2.93. The normalized spacial score (nSPS) is 13.3. The molecule has 3 aromatic rings. The highest BCUT2D eigenvalue weighted by molar-refractivity contribution is 7.91. The number of aromatic nitrogens is 2. The van der Waals surface area contributed by atoms with Crippen LogP contribution in [0, 0.1) is 0 Å². The largest absolute Gasteiger partial charge is 0.306 e. The van der Waals surface area contributed by atoms with Gasteiger partial charge in [0, 0.05) is 5.56 Å². The summed E-state index contributed by atoms with van der Waals surface area (Å²) in [4.78, 5) is 13.1. The number of aryl methyl sites for hydroxylation is 1. The summed E-state index contributed by atoms with van der Waals surface area (Å²) in [7, 11) is -3.51. The van der Waals surface area contributed by atoms with Crippen LogP contribution in [0.2, 0.25) is 0 Å². The minimum absolute atomic E-state index is 0.0532. The molecule has 0 radical (unpaired) electrons. The maximum Gasteiger partial charge on any atom is 0.258 e. The number of nitrogens with one attached hydrogen (secondary N) is 1. The summed E-state index contributed by atoms with van der Waals surface area (Å²) in [5.74, 6) is 0.112. The molecule has 144 valence electrons. The number of nitrogens with zero attached hydrogens (tertiary/aromatic N) is 2. The minimum atomic E-state index is -3.51. The summed E-state index contributed by atoms with van der Waals surface area (Å²) in [5.41, 5.74) is 3.00. The number of carbonyl (C=O) groups is 1. The Kier molecular flexibility index (Phi) is 4.77. The lowest BCUT2D eigenvalue weighted by atomic mass is 10.2. The number of rotatable bonds is 5. The molecule has 1 heterocycles. The first-order valence-corrected chi connectivity index (χ1v) is 11.0. The molecule has 1 aliphatic carbocycles. The van der Waals surface area contributed by atoms with E-state index in [9.17, 15) is 13.2 Å². The van der Waals surface area contributed by atoms with Crippen LogP contribution in [-0.2, 0) is 22.7 Å². The Balaban J connectivity index is 1.76. The summed E-state index contributed by atoms with van der Waals surface area (Å²) in [6.45, 7) is 1.57. The van der Waals surface area contributed by atoms with Crippen molar-refractivity contribution in [1.82, 2.24) is 9.78 Å². The molecular weight excluding hydrogens is 374 g/mol. The van der Waals surface area contributed by atoms with Gasteiger partial charge in [0.2, 0.25) is 0 Å². The molecule has 0 unspecified atom stereocenters. The standard InChI is InChI=1S/C21H21N3O3S/c1-2-28(26,27)19-14-7-6-11-17(19)21(25)22-20-16-12-8-13-18(16)23-24(20)15-9-4-3-5-10-15/h3-7,9-11,14H,2,8,12-13H2,1H3,(H,22,25). The Morgan fingerprint density at radius 2 is 1.79 bits per heavy atom. The first-order chi connectivity index (χ1) is 13.5. The van der Waals surface area contributed by atoms with E-state index in [1.54, 1.807) is 29.8 Å². The molecule has 1 aromatic heterocycles. The summed E-state index contributed by atoms with van der Waals surface area (Å²) in [6.07, 6.45) is 2.71. The molecule has 0 saturated heterocycles. The van der Waals surface area contributed by atoms with E-state index in [4.69, 9.17) is 0 Å². The summed E-state index contributed by atoms with van der Waals surface area (Å²) >= 11 is 0. The Labute approximate surface area is 164 Å². The monoisotopic (exact) mass is 395 g/mol. The second-order valence-corrected chi connectivity index (χ2v) is 8.98. The van der Waals surface area contributed by atoms with Gasteiger partial charge >= 0.3 is 0 Å². The highest BCUT2D eigenvalue weighted by Gasteiger charge is 2.26. The van der Waals surface area contributed by atoms with Crippen molar-refractivity contribution in [3.05, 3.63) is 71.4 Å². The van der Waals surface area contributed by atoms with E-state index < -0.39 is 15.7 Å². The van der Waals surface area contributed by atoms with Gasteiger partial charge in [0.05, 0.1) is 27.6 Å². The molecule has 1 aliphatic rings. The SMILES string of the molecule is CCS(=O)(=O)c1ccccc1C(=O)Nc1c2c(nn1-c1ccccc1)CCC2. The first-order valence-electron chi connectivity index (χ1n) is 9.30. The van der Waals surface area contributed by atoms with Crippen LogP contribution in [0.15, 0.2) is 59.5 Å². The summed E-state index contributed by atoms with van der Waals surface area (Å²) in [6, 6.07) is 15.9. The van der Waals surface area contributed by atoms with Crippen LogP contribution < -0.4 is 5.32 Å². The predicted octanol–water partition coefficient (Wildman–Crippen LogP) is 3.41. The number of sulfone groups is 1. The molecule has 6 nitrogen and oxygen atoms in total. The van der Waals surface area contributed by atoms with Crippen LogP contribution >= 0.6 is 0 Å². The van der Waals surface area contributed by atoms with Gasteiger partial charge in [-0.1, -0.05) is 37.3 Å². The zero-order chi connectivity index (χ0) is 19.7. The second kappa shape index (κ2) is 7.24. The first kappa shape index (κ1) is 18.4. The topological polar surface area (TPSA) is 81.1 Å². The number of hydrogen-bond donors (Lipinski definition) is 1. The van der Waals surface area contributed by atoms with E-state index in [2.05, 4.69) is 10.4 Å². The third-order valence-corrected chi connectivity index (χ3v) is 6.77. The van der Waals surface area contributed by atoms with Gasteiger partial charge < -0.3 is 5.32 Å². The fourth-order valence-electron chi connectivity index (χ4n) is 3.53. The number of amides is 1. The van der Waals surface area contributed by atoms with Crippen molar-refractivity contribution in [2.75, 3.05) is 11.1 Å². The van der Waals surface area contributed by atoms with E-state index >= 15 is 0 Å². The van der Waals surface area contributed by atoms with E-state index in [1.165, 1.54) is 6.07 Å². The van der Waals surface area contributed by atoms with Crippen molar-refractivity contribution in [2.24, 2.45) is 0 Å². The van der Waals surface area contributed by atoms with Crippen molar-refractivity contribution in [1.29, 1.82) is 0 Å². The highest BCUT2D eigenvalue weighted by Crippen LogP contribution is 2.31. The predicted molar refractivity (Wildman–Crippen MR) is 108 cm³/mol. The number of benzene rings is 2. The second-order valence-electron chi connectivity index (χ2n) is 6.73. The molecule has 0 aliphatic heterocycles. The van der Waals surface area contributed by atoms with Crippen LogP contribution in [0.3, 0.4) is 0 Å². The van der Waals surface area contributed by atoms with Gasteiger partial charge in [-0.15, -0.1) is 0 Å². The van der Waals surface area contributed by atoms with Crippen molar-refractivity contribution in [3.8, 4) is 5.69 Å². The van der Waals surface area contributed by atoms with E-state index in [0.717, 1.165) is 36.2 Å². The van der Waals surface area contributed by atoms with E-state index in [0.29, 0.717) is 5.82 Å². The fourth-order valence-corrected chi connectivity index (χ4v) is 4.62. The Morgan fingerprint density at radius 1 is 1.07 bits per heavy atom. The molecule has 0 bridgehead atoms. The van der Waals surface area contributed by atoms with Crippen LogP contribution in [0.25, 0.3) is 5.69 Å². The molecule has 0 spiro atoms. The van der Waals surface area contributed by atoms with Gasteiger partial charge in [0.25, 0.3) is 5.91 Å². The van der Waals surface area contributed by atoms with Crippen molar-refractivity contribution in [2.45, 2.75) is 31.1 Å². The van der Waals surface area contributed by atoms with Gasteiger partial charge in [-0.3, -0.25) is 4.79 Å². The van der Waals surface area contributed by atoms with E-state index in [1.807, 2.05) is 30.3 Å². The molecule has 0 fully saturated rings. The van der Waals surface area contributed by atoms with Crippen LogP contribution in [-0.4, -0.2) is 29.9 Å². The van der Waals surface area contributed by atoms with Gasteiger partial charge in [0.15, 0.2) is 9.84 Å². The number of fused-ring (bicyclic) bond motifs is 1. The van der Waals surface area contributed by atoms with Crippen molar-refractivity contribution in [3.63, 3.8) is 0 Å². The van der Waals surface area contributed by atoms with E-state index in [-0.39, 0.29) is 16.2 Å². The van der Waals surface area contributed by atoms with Gasteiger partial charge in [-0.05, 0) is 43.5 Å². The quantitative estimate of drug-likeness (QED) is 0.718. The molecule has 0 atom stereocenters. The van der Waals surface area contributed by atoms with Crippen molar-refractivity contribution >= 4 is 21.6 Å². The minimum Gasteiger partial charge on any atom is -0.306 e. The van der Waals surface area contributed by atoms with Gasteiger partial charge in [-0.25, -0.2) is 13.1 Å². The van der Waals surface area contributed by atoms with Gasteiger partial charge in [0.1, 0.15) is 5.82 Å². The lowest BCUT2D eigenvalue weighted by molar-refractivity contribution is 0.102. The average Bonchev–Trinajstić information content (AvgIpc) is 3.31. The molecule has 7 heteroatoms. The summed E-state index contributed by atoms with van der Waals surface area (Å²) in [5, 5.41) is 7.62. The number of anilines is 1. The van der Waals surface area contributed by atoms with Crippen LogP contribution in [0.4, 0.5) is 5.82 Å². The molecule has 4 rings (SSSR count). The average molecular weight is 395 g/mol. The number of carbonyl (C=O) groups excluding carboxylic acids is 1. The molecule has 0 saturated carbocycles. The fraction of sp³-hybridized carbons (Fsp3) is 0.238. The molecule has 1 amide bonds. The number of hydrogen-bond acceptors (Lipinski definition) is 4. The zero-order valence-corrected chi connectivity index (χ0v) is 16.4. The zero-order valence-electron chi connectivity index (χ0n) is 15.6. The highest BCUT2D eigenvalue weighted by atomic mass is 32.2. The van der Waals surface area contributed by atoms with Crippen LogP contribution in [0.1, 0.15) is 35.0 Å². The Bertz CT molecular complexity index is 1130. The molecular formula is C21H21N3O3S. The maximum absolute atomic E-state index is 13.1. The Morgan fingerprint density at radius 3 is 2.54 bits per heavy atom. The third kappa shape index (κ3) is 3.22. The van der Waals surface area contributed by atoms with Gasteiger partial charge in [-0.2, -0.15) is 5.10 Å². The van der Waals surface area contributed by atoms with Crippen molar-refractivity contribution < 1.29 is 13.2 Å². The van der Waals surface area contributed by atoms with Crippen LogP contribution in [0.5, 0.6) is 0 Å². The lowest BCUT2D eigenvalue weighted by Gasteiger charge is -2.13. The maximum atomic E-state index is 13.1. The molecule has 28 heavy (non-hydrogen) atoms. The number of para-hydroxylation sites is 1. The lowest BCUT2D eigenvalue weighted by Crippen LogP contribution is -2.19. The molecule has 2 aromatic carbocycles. The third-order valence-electron chi connectivity index (χ3n) is 4.99. The molecule has 1 N–H and O–H groups in total. The summed E-state index contributed by atoms with van der Waals surface area (Å²) < 4.78 is 26.5.